The molecule has 0 spiro atoms. The number of carbonyl (C=O) groups excluding carboxylic acids is 1. The lowest BCUT2D eigenvalue weighted by Gasteiger charge is -2.11. The Balaban J connectivity index is 1.43. The van der Waals surface area contributed by atoms with Gasteiger partial charge in [-0.25, -0.2) is 9.67 Å². The molecule has 1 N–H and O–H groups in total. The Morgan fingerprint density at radius 1 is 1.06 bits per heavy atom. The van der Waals surface area contributed by atoms with E-state index in [0.717, 1.165) is 35.7 Å². The van der Waals surface area contributed by atoms with Crippen LogP contribution >= 0.6 is 11.6 Å². The molecule has 1 aliphatic heterocycles. The van der Waals surface area contributed by atoms with Gasteiger partial charge >= 0.3 is 0 Å². The third-order valence-electron chi connectivity index (χ3n) is 5.47. The Hall–Kier alpha value is -3.38. The number of hydrogen-bond donors (Lipinski definition) is 1. The van der Waals surface area contributed by atoms with Crippen LogP contribution in [0.25, 0.3) is 16.9 Å². The summed E-state index contributed by atoms with van der Waals surface area (Å²) >= 11 is 6.02. The molecule has 0 atom stereocenters. The molecule has 0 aliphatic carbocycles. The molecule has 31 heavy (non-hydrogen) atoms. The minimum absolute atomic E-state index is 0.192. The third-order valence-corrected chi connectivity index (χ3v) is 5.72. The molecule has 0 radical (unpaired) electrons. The van der Waals surface area contributed by atoms with Crippen molar-refractivity contribution in [2.75, 3.05) is 0 Å². The van der Waals surface area contributed by atoms with E-state index in [0.29, 0.717) is 23.0 Å². The molecule has 3 heterocycles. The van der Waals surface area contributed by atoms with Crippen molar-refractivity contribution in [1.82, 2.24) is 24.6 Å². The Morgan fingerprint density at radius 3 is 2.65 bits per heavy atom. The predicted octanol–water partition coefficient (Wildman–Crippen LogP) is 4.66. The van der Waals surface area contributed by atoms with Gasteiger partial charge in [-0.2, -0.15) is 5.10 Å². The summed E-state index contributed by atoms with van der Waals surface area (Å²) in [5.74, 6) is 0.914. The first-order valence-corrected chi connectivity index (χ1v) is 10.8. The van der Waals surface area contributed by atoms with Gasteiger partial charge in [-0.1, -0.05) is 41.9 Å². The molecule has 6 nitrogen and oxygen atoms in total. The van der Waals surface area contributed by atoms with E-state index in [4.69, 9.17) is 16.7 Å². The van der Waals surface area contributed by atoms with E-state index in [2.05, 4.69) is 14.9 Å². The first-order valence-electron chi connectivity index (χ1n) is 10.4. The number of carbonyl (C=O) groups is 1. The van der Waals surface area contributed by atoms with Crippen LogP contribution in [-0.4, -0.2) is 25.2 Å². The van der Waals surface area contributed by atoms with Gasteiger partial charge in [-0.05, 0) is 43.2 Å². The lowest BCUT2D eigenvalue weighted by atomic mass is 10.1. The van der Waals surface area contributed by atoms with Gasteiger partial charge in [0.25, 0.3) is 5.91 Å². The molecule has 2 aromatic heterocycles. The van der Waals surface area contributed by atoms with E-state index in [1.54, 1.807) is 4.68 Å². The van der Waals surface area contributed by atoms with E-state index in [9.17, 15) is 4.79 Å². The number of nitrogens with one attached hydrogen (secondary N) is 1. The number of para-hydroxylation sites is 1. The molecular formula is C24H22ClN5O. The summed E-state index contributed by atoms with van der Waals surface area (Å²) in [6.45, 7) is 1.39. The third kappa shape index (κ3) is 4.11. The van der Waals surface area contributed by atoms with Crippen LogP contribution in [0.2, 0.25) is 5.02 Å². The highest BCUT2D eigenvalue weighted by molar-refractivity contribution is 6.30. The Morgan fingerprint density at radius 2 is 1.87 bits per heavy atom. The first-order chi connectivity index (χ1) is 15.2. The summed E-state index contributed by atoms with van der Waals surface area (Å²) in [6, 6.07) is 18.9. The molecule has 4 aromatic rings. The van der Waals surface area contributed by atoms with Crippen molar-refractivity contribution in [3.05, 3.63) is 89.1 Å². The number of hydrogen-bond acceptors (Lipinski definition) is 3. The van der Waals surface area contributed by atoms with Crippen LogP contribution in [0.1, 0.15) is 34.8 Å². The Kier molecular flexibility index (Phi) is 5.30. The van der Waals surface area contributed by atoms with Crippen LogP contribution in [0.4, 0.5) is 0 Å². The largest absolute Gasteiger partial charge is 0.345 e. The number of aromatic nitrogens is 4. The maximum Gasteiger partial charge on any atom is 0.270 e. The highest BCUT2D eigenvalue weighted by atomic mass is 35.5. The van der Waals surface area contributed by atoms with Gasteiger partial charge in [0.05, 0.1) is 23.6 Å². The average molecular weight is 432 g/mol. The highest BCUT2D eigenvalue weighted by Gasteiger charge is 2.19. The van der Waals surface area contributed by atoms with E-state index in [1.807, 2.05) is 66.9 Å². The van der Waals surface area contributed by atoms with Crippen LogP contribution in [0, 0.1) is 0 Å². The molecule has 5 rings (SSSR count). The normalized spacial score (nSPS) is 13.1. The fourth-order valence-corrected chi connectivity index (χ4v) is 4.01. The highest BCUT2D eigenvalue weighted by Crippen LogP contribution is 2.23. The minimum atomic E-state index is -0.192. The number of amides is 1. The van der Waals surface area contributed by atoms with Gasteiger partial charge in [-0.3, -0.25) is 4.79 Å². The second-order valence-electron chi connectivity index (χ2n) is 7.65. The predicted molar refractivity (Wildman–Crippen MR) is 120 cm³/mol. The molecule has 1 aliphatic rings. The first kappa shape index (κ1) is 19.6. The number of rotatable bonds is 5. The van der Waals surface area contributed by atoms with Crippen LogP contribution in [-0.2, 0) is 19.5 Å². The van der Waals surface area contributed by atoms with E-state index >= 15 is 0 Å². The van der Waals surface area contributed by atoms with Crippen molar-refractivity contribution in [1.29, 1.82) is 0 Å². The smallest absolute Gasteiger partial charge is 0.270 e. The van der Waals surface area contributed by atoms with Gasteiger partial charge in [0.15, 0.2) is 0 Å². The van der Waals surface area contributed by atoms with E-state index in [-0.39, 0.29) is 5.91 Å². The summed E-state index contributed by atoms with van der Waals surface area (Å²) < 4.78 is 3.87. The summed E-state index contributed by atoms with van der Waals surface area (Å²) in [5, 5.41) is 8.37. The van der Waals surface area contributed by atoms with Crippen molar-refractivity contribution in [3.8, 4) is 16.9 Å². The number of nitrogens with zero attached hydrogens (tertiary/aromatic N) is 4. The molecule has 0 unspecified atom stereocenters. The van der Waals surface area contributed by atoms with E-state index < -0.39 is 0 Å². The SMILES string of the molecule is O=C(NCc1cn2c(n1)CCCC2)c1cc(-c2ccc(Cl)cc2)nn1-c1ccccc1. The maximum absolute atomic E-state index is 13.1. The van der Waals surface area contributed by atoms with Crippen LogP contribution < -0.4 is 5.32 Å². The van der Waals surface area contributed by atoms with Gasteiger partial charge in [0.2, 0.25) is 0 Å². The maximum atomic E-state index is 13.1. The van der Waals surface area contributed by atoms with Gasteiger partial charge in [0.1, 0.15) is 11.5 Å². The van der Waals surface area contributed by atoms with Crippen LogP contribution in [0.15, 0.2) is 66.9 Å². The second-order valence-corrected chi connectivity index (χ2v) is 8.09. The molecule has 1 amide bonds. The molecule has 156 valence electrons. The molecule has 0 fully saturated rings. The summed E-state index contributed by atoms with van der Waals surface area (Å²) in [5.41, 5.74) is 3.79. The Labute approximate surface area is 185 Å². The summed E-state index contributed by atoms with van der Waals surface area (Å²) in [4.78, 5) is 17.8. The number of imidazole rings is 1. The van der Waals surface area contributed by atoms with E-state index in [1.165, 1.54) is 12.8 Å². The fourth-order valence-electron chi connectivity index (χ4n) is 3.89. The van der Waals surface area contributed by atoms with Crippen molar-refractivity contribution in [2.24, 2.45) is 0 Å². The topological polar surface area (TPSA) is 64.7 Å². The zero-order valence-corrected chi connectivity index (χ0v) is 17.7. The molecule has 7 heteroatoms. The van der Waals surface area contributed by atoms with Crippen LogP contribution in [0.3, 0.4) is 0 Å². The van der Waals surface area contributed by atoms with Crippen molar-refractivity contribution in [2.45, 2.75) is 32.4 Å². The van der Waals surface area contributed by atoms with Gasteiger partial charge < -0.3 is 9.88 Å². The van der Waals surface area contributed by atoms with Crippen molar-refractivity contribution >= 4 is 17.5 Å². The zero-order chi connectivity index (χ0) is 21.2. The summed E-state index contributed by atoms with van der Waals surface area (Å²) in [7, 11) is 0. The monoisotopic (exact) mass is 431 g/mol. The molecule has 0 bridgehead atoms. The van der Waals surface area contributed by atoms with Gasteiger partial charge in [0, 0.05) is 29.7 Å². The summed E-state index contributed by atoms with van der Waals surface area (Å²) in [6.07, 6.45) is 5.40. The Bertz CT molecular complexity index is 1190. The van der Waals surface area contributed by atoms with Gasteiger partial charge in [-0.15, -0.1) is 0 Å². The van der Waals surface area contributed by atoms with Crippen molar-refractivity contribution in [3.63, 3.8) is 0 Å². The fraction of sp³-hybridized carbons (Fsp3) is 0.208. The quantitative estimate of drug-likeness (QED) is 0.500. The molecule has 0 saturated heterocycles. The zero-order valence-electron chi connectivity index (χ0n) is 17.0. The second kappa shape index (κ2) is 8.40. The van der Waals surface area contributed by atoms with Crippen molar-refractivity contribution < 1.29 is 4.79 Å². The number of fused-ring (bicyclic) bond motifs is 1. The number of aryl methyl sites for hydroxylation is 2. The number of halogens is 1. The molecule has 0 saturated carbocycles. The number of benzene rings is 2. The lowest BCUT2D eigenvalue weighted by Crippen LogP contribution is -2.25. The molecule has 2 aromatic carbocycles. The average Bonchev–Trinajstić information content (AvgIpc) is 3.43. The van der Waals surface area contributed by atoms with Crippen LogP contribution in [0.5, 0.6) is 0 Å². The molecular weight excluding hydrogens is 410 g/mol. The minimum Gasteiger partial charge on any atom is -0.345 e. The standard InChI is InChI=1S/C24H22ClN5O/c25-18-11-9-17(10-12-18)21-14-22(30(28-21)20-6-2-1-3-7-20)24(31)26-15-19-16-29-13-5-4-8-23(29)27-19/h1-3,6-7,9-12,14,16H,4-5,8,13,15H2,(H,26,31). The lowest BCUT2D eigenvalue weighted by molar-refractivity contribution is 0.0942.